The van der Waals surface area contributed by atoms with Gasteiger partial charge in [-0.15, -0.1) is 11.3 Å². The third-order valence-electron chi connectivity index (χ3n) is 4.60. The first-order valence-corrected chi connectivity index (χ1v) is 9.80. The van der Waals surface area contributed by atoms with Crippen molar-refractivity contribution in [3.05, 3.63) is 70.0 Å². The molecule has 0 fully saturated rings. The molecule has 0 aliphatic heterocycles. The predicted octanol–water partition coefficient (Wildman–Crippen LogP) is 2.31. The van der Waals surface area contributed by atoms with Crippen molar-refractivity contribution in [1.82, 2.24) is 24.7 Å². The fraction of sp³-hybridized carbons (Fsp3) is 0.200. The van der Waals surface area contributed by atoms with Gasteiger partial charge in [-0.3, -0.25) is 4.79 Å². The van der Waals surface area contributed by atoms with Gasteiger partial charge in [-0.25, -0.2) is 4.79 Å². The van der Waals surface area contributed by atoms with Gasteiger partial charge >= 0.3 is 5.69 Å². The van der Waals surface area contributed by atoms with E-state index >= 15 is 0 Å². The van der Waals surface area contributed by atoms with Crippen LogP contribution in [0.5, 0.6) is 5.75 Å². The van der Waals surface area contributed by atoms with Gasteiger partial charge in [0.15, 0.2) is 0 Å². The molecule has 0 spiro atoms. The zero-order chi connectivity index (χ0) is 20.4. The first-order valence-electron chi connectivity index (χ1n) is 8.92. The number of rotatable bonds is 6. The zero-order valence-corrected chi connectivity index (χ0v) is 16.8. The Labute approximate surface area is 170 Å². The number of fused-ring (bicyclic) bond motifs is 1. The molecule has 8 nitrogen and oxygen atoms in total. The van der Waals surface area contributed by atoms with Crippen LogP contribution in [0.2, 0.25) is 0 Å². The summed E-state index contributed by atoms with van der Waals surface area (Å²) in [4.78, 5) is 26.6. The highest BCUT2D eigenvalue weighted by atomic mass is 32.1. The van der Waals surface area contributed by atoms with Gasteiger partial charge in [0.25, 0.3) is 0 Å². The average Bonchev–Trinajstić information content (AvgIpc) is 3.38. The second-order valence-electron chi connectivity index (χ2n) is 6.58. The Morgan fingerprint density at radius 2 is 1.93 bits per heavy atom. The van der Waals surface area contributed by atoms with Gasteiger partial charge in [-0.05, 0) is 62.5 Å². The van der Waals surface area contributed by atoms with Crippen molar-refractivity contribution in [2.75, 3.05) is 14.2 Å². The van der Waals surface area contributed by atoms with Crippen LogP contribution in [0.25, 0.3) is 15.8 Å². The Hall–Kier alpha value is -3.46. The number of carbonyl (C=O) groups is 1. The lowest BCUT2D eigenvalue weighted by molar-refractivity contribution is -0.131. The standard InChI is InChI=1S/C20H19N5O3S/c1-23(12-14-5-6-16-11-17(28-2)8-7-15(16)10-14)18(26)13-24-20(27)25(22-21-24)19-4-3-9-29-19/h3-11H,12-13H2,1-2H3. The quantitative estimate of drug-likeness (QED) is 0.488. The van der Waals surface area contributed by atoms with Crippen LogP contribution in [-0.4, -0.2) is 44.8 Å². The molecule has 0 aliphatic carbocycles. The highest BCUT2D eigenvalue weighted by Gasteiger charge is 2.16. The predicted molar refractivity (Wildman–Crippen MR) is 110 cm³/mol. The van der Waals surface area contributed by atoms with Crippen molar-refractivity contribution >= 4 is 28.0 Å². The summed E-state index contributed by atoms with van der Waals surface area (Å²) in [6, 6.07) is 15.5. The summed E-state index contributed by atoms with van der Waals surface area (Å²) < 4.78 is 7.51. The van der Waals surface area contributed by atoms with Gasteiger partial charge in [-0.2, -0.15) is 9.36 Å². The van der Waals surface area contributed by atoms with E-state index in [0.29, 0.717) is 11.5 Å². The van der Waals surface area contributed by atoms with Crippen molar-refractivity contribution in [2.45, 2.75) is 13.1 Å². The summed E-state index contributed by atoms with van der Waals surface area (Å²) in [5.74, 6) is 0.582. The van der Waals surface area contributed by atoms with E-state index in [1.165, 1.54) is 16.0 Å². The van der Waals surface area contributed by atoms with E-state index < -0.39 is 5.69 Å². The van der Waals surface area contributed by atoms with E-state index in [1.807, 2.05) is 47.8 Å². The number of ether oxygens (including phenoxy) is 1. The molecular formula is C20H19N5O3S. The number of hydrogen-bond donors (Lipinski definition) is 0. The molecule has 0 unspecified atom stereocenters. The summed E-state index contributed by atoms with van der Waals surface area (Å²) >= 11 is 1.38. The number of aromatic nitrogens is 4. The lowest BCUT2D eigenvalue weighted by Crippen LogP contribution is -2.34. The fourth-order valence-electron chi connectivity index (χ4n) is 3.01. The summed E-state index contributed by atoms with van der Waals surface area (Å²) in [6.07, 6.45) is 0. The molecular weight excluding hydrogens is 390 g/mol. The van der Waals surface area contributed by atoms with E-state index in [9.17, 15) is 9.59 Å². The highest BCUT2D eigenvalue weighted by molar-refractivity contribution is 7.12. The molecule has 0 aliphatic rings. The largest absolute Gasteiger partial charge is 0.497 e. The van der Waals surface area contributed by atoms with Crippen LogP contribution in [0.3, 0.4) is 0 Å². The number of methoxy groups -OCH3 is 1. The maximum atomic E-state index is 12.6. The molecule has 0 saturated heterocycles. The van der Waals surface area contributed by atoms with Gasteiger partial charge in [0.2, 0.25) is 5.91 Å². The Morgan fingerprint density at radius 3 is 2.69 bits per heavy atom. The van der Waals surface area contributed by atoms with Gasteiger partial charge in [-0.1, -0.05) is 18.2 Å². The number of thiophene rings is 1. The Bertz CT molecular complexity index is 1210. The topological polar surface area (TPSA) is 82.2 Å². The molecule has 0 radical (unpaired) electrons. The fourth-order valence-corrected chi connectivity index (χ4v) is 3.68. The molecule has 4 rings (SSSR count). The molecule has 9 heteroatoms. The van der Waals surface area contributed by atoms with Gasteiger partial charge in [0.1, 0.15) is 17.3 Å². The van der Waals surface area contributed by atoms with Gasteiger partial charge in [0.05, 0.1) is 7.11 Å². The average molecular weight is 409 g/mol. The van der Waals surface area contributed by atoms with E-state index in [-0.39, 0.29) is 12.5 Å². The van der Waals surface area contributed by atoms with Crippen LogP contribution in [0, 0.1) is 0 Å². The Kier molecular flexibility index (Phi) is 5.13. The molecule has 2 aromatic carbocycles. The van der Waals surface area contributed by atoms with E-state index in [0.717, 1.165) is 26.8 Å². The third-order valence-corrected chi connectivity index (χ3v) is 5.44. The molecule has 0 atom stereocenters. The van der Waals surface area contributed by atoms with Crippen LogP contribution in [0.4, 0.5) is 0 Å². The van der Waals surface area contributed by atoms with Gasteiger partial charge in [0, 0.05) is 13.6 Å². The third kappa shape index (κ3) is 3.90. The zero-order valence-electron chi connectivity index (χ0n) is 16.0. The highest BCUT2D eigenvalue weighted by Crippen LogP contribution is 2.22. The first kappa shape index (κ1) is 18.9. The second kappa shape index (κ2) is 7.88. The number of benzene rings is 2. The molecule has 0 bridgehead atoms. The lowest BCUT2D eigenvalue weighted by atomic mass is 10.1. The molecule has 148 valence electrons. The maximum Gasteiger partial charge on any atom is 0.369 e. The van der Waals surface area contributed by atoms with Crippen molar-refractivity contribution in [3.63, 3.8) is 0 Å². The first-order chi connectivity index (χ1) is 14.0. The lowest BCUT2D eigenvalue weighted by Gasteiger charge is -2.17. The molecule has 29 heavy (non-hydrogen) atoms. The van der Waals surface area contributed by atoms with Crippen LogP contribution >= 0.6 is 11.3 Å². The Morgan fingerprint density at radius 1 is 1.14 bits per heavy atom. The number of nitrogens with zero attached hydrogens (tertiary/aromatic N) is 5. The smallest absolute Gasteiger partial charge is 0.369 e. The van der Waals surface area contributed by atoms with E-state index in [2.05, 4.69) is 10.4 Å². The summed E-state index contributed by atoms with van der Waals surface area (Å²) in [6.45, 7) is 0.264. The molecule has 0 saturated carbocycles. The van der Waals surface area contributed by atoms with Crippen molar-refractivity contribution < 1.29 is 9.53 Å². The second-order valence-corrected chi connectivity index (χ2v) is 7.51. The van der Waals surface area contributed by atoms with Crippen LogP contribution < -0.4 is 10.4 Å². The molecule has 2 aromatic heterocycles. The van der Waals surface area contributed by atoms with Crippen LogP contribution in [-0.2, 0) is 17.9 Å². The van der Waals surface area contributed by atoms with Crippen LogP contribution in [0.1, 0.15) is 5.56 Å². The summed E-state index contributed by atoms with van der Waals surface area (Å²) in [5.41, 5.74) is 0.557. The minimum Gasteiger partial charge on any atom is -0.497 e. The molecule has 4 aromatic rings. The number of hydrogen-bond acceptors (Lipinski definition) is 6. The molecule has 2 heterocycles. The van der Waals surface area contributed by atoms with Crippen molar-refractivity contribution in [3.8, 4) is 10.8 Å². The normalized spacial score (nSPS) is 11.0. The minimum atomic E-state index is -0.436. The molecule has 0 N–H and O–H groups in total. The number of carbonyl (C=O) groups excluding carboxylic acids is 1. The number of amides is 1. The monoisotopic (exact) mass is 409 g/mol. The number of likely N-dealkylation sites (N-methyl/N-ethyl adjacent to an activating group) is 1. The summed E-state index contributed by atoms with van der Waals surface area (Å²) in [7, 11) is 3.34. The maximum absolute atomic E-state index is 12.6. The van der Waals surface area contributed by atoms with E-state index in [1.54, 1.807) is 25.1 Å². The Balaban J connectivity index is 1.46. The number of tetrazole rings is 1. The SMILES string of the molecule is COc1ccc2cc(CN(C)C(=O)Cn3nnn(-c4cccs4)c3=O)ccc2c1. The molecule has 1 amide bonds. The van der Waals surface area contributed by atoms with Crippen LogP contribution in [0.15, 0.2) is 58.7 Å². The summed E-state index contributed by atoms with van der Waals surface area (Å²) in [5, 5.41) is 12.3. The van der Waals surface area contributed by atoms with Crippen molar-refractivity contribution in [1.29, 1.82) is 0 Å². The minimum absolute atomic E-state index is 0.161. The van der Waals surface area contributed by atoms with E-state index in [4.69, 9.17) is 4.74 Å². The van der Waals surface area contributed by atoms with Gasteiger partial charge < -0.3 is 9.64 Å². The van der Waals surface area contributed by atoms with Crippen molar-refractivity contribution in [2.24, 2.45) is 0 Å².